The van der Waals surface area contributed by atoms with E-state index in [1.54, 1.807) is 27.9 Å². The van der Waals surface area contributed by atoms with Crippen LogP contribution >= 0.6 is 11.3 Å². The van der Waals surface area contributed by atoms with E-state index in [1.165, 1.54) is 4.90 Å². The van der Waals surface area contributed by atoms with Crippen LogP contribution < -0.4 is 5.32 Å². The van der Waals surface area contributed by atoms with Crippen molar-refractivity contribution in [2.75, 3.05) is 19.4 Å². The fraction of sp³-hybridized carbons (Fsp3) is 0.385. The van der Waals surface area contributed by atoms with Gasteiger partial charge in [-0.3, -0.25) is 14.4 Å². The highest BCUT2D eigenvalue weighted by Crippen LogP contribution is 2.23. The molecule has 0 bridgehead atoms. The zero-order valence-electron chi connectivity index (χ0n) is 13.6. The largest absolute Gasteiger partial charge is 0.483 e. The van der Waals surface area contributed by atoms with E-state index in [4.69, 9.17) is 9.90 Å². The Morgan fingerprint density at radius 3 is 2.42 bits per heavy atom. The van der Waals surface area contributed by atoms with Crippen molar-refractivity contribution in [2.24, 2.45) is 0 Å². The van der Waals surface area contributed by atoms with Gasteiger partial charge in [0.15, 0.2) is 5.13 Å². The summed E-state index contributed by atoms with van der Waals surface area (Å²) in [5.74, 6) is -0.423. The lowest BCUT2D eigenvalue weighted by Gasteiger charge is -2.07. The van der Waals surface area contributed by atoms with Gasteiger partial charge in [0.05, 0.1) is 12.1 Å². The molecule has 0 unspecified atom stereocenters. The Morgan fingerprint density at radius 2 is 1.92 bits per heavy atom. The summed E-state index contributed by atoms with van der Waals surface area (Å²) in [5, 5.41) is 17.2. The molecule has 0 radical (unpaired) electrons. The normalized spacial score (nSPS) is 9.67. The summed E-state index contributed by atoms with van der Waals surface area (Å²) in [6.07, 6.45) is 0.0465. The number of aromatic nitrogens is 3. The van der Waals surface area contributed by atoms with Gasteiger partial charge < -0.3 is 15.3 Å². The molecule has 0 aromatic carbocycles. The van der Waals surface area contributed by atoms with Crippen LogP contribution in [0.25, 0.3) is 0 Å². The van der Waals surface area contributed by atoms with Crippen molar-refractivity contribution in [3.63, 3.8) is 0 Å². The van der Waals surface area contributed by atoms with Gasteiger partial charge in [0.25, 0.3) is 12.4 Å². The van der Waals surface area contributed by atoms with Gasteiger partial charge in [-0.05, 0) is 13.8 Å². The van der Waals surface area contributed by atoms with Crippen LogP contribution in [0.5, 0.6) is 0 Å². The Morgan fingerprint density at radius 1 is 1.29 bits per heavy atom. The minimum absolute atomic E-state index is 0.0465. The first-order valence-electron chi connectivity index (χ1n) is 6.65. The van der Waals surface area contributed by atoms with Crippen LogP contribution in [0.4, 0.5) is 5.13 Å². The minimum atomic E-state index is -0.286. The molecule has 0 aliphatic heterocycles. The molecule has 2 amide bonds. The van der Waals surface area contributed by atoms with E-state index in [1.807, 2.05) is 0 Å². The topological polar surface area (TPSA) is 139 Å². The quantitative estimate of drug-likeness (QED) is 0.765. The summed E-state index contributed by atoms with van der Waals surface area (Å²) in [7, 11) is 3.33. The third kappa shape index (κ3) is 5.12. The number of rotatable bonds is 4. The molecule has 0 atom stereocenters. The lowest BCUT2D eigenvalue weighted by Crippen LogP contribution is -2.21. The van der Waals surface area contributed by atoms with Crippen molar-refractivity contribution in [2.45, 2.75) is 20.3 Å². The molecule has 0 saturated heterocycles. The van der Waals surface area contributed by atoms with E-state index in [9.17, 15) is 9.59 Å². The Kier molecular flexibility index (Phi) is 6.98. The van der Waals surface area contributed by atoms with Crippen LogP contribution in [-0.4, -0.2) is 57.7 Å². The number of anilines is 1. The van der Waals surface area contributed by atoms with E-state index < -0.39 is 0 Å². The molecular weight excluding hydrogens is 338 g/mol. The summed E-state index contributed by atoms with van der Waals surface area (Å²) in [6.45, 7) is 3.19. The summed E-state index contributed by atoms with van der Waals surface area (Å²) in [4.78, 5) is 38.3. The van der Waals surface area contributed by atoms with Gasteiger partial charge in [0, 0.05) is 14.1 Å². The number of nitrogens with one attached hydrogen (secondary N) is 1. The molecule has 0 spiro atoms. The van der Waals surface area contributed by atoms with Crippen molar-refractivity contribution in [3.05, 3.63) is 22.0 Å². The lowest BCUT2D eigenvalue weighted by molar-refractivity contribution is -0.123. The van der Waals surface area contributed by atoms with Crippen molar-refractivity contribution in [1.29, 1.82) is 0 Å². The Balaban J connectivity index is 0.000000891. The number of hydrogen-bond acceptors (Lipinski definition) is 8. The number of nitrogens with zero attached hydrogens (tertiary/aromatic N) is 4. The maximum atomic E-state index is 11.9. The summed E-state index contributed by atoms with van der Waals surface area (Å²) in [6, 6.07) is 0. The molecule has 2 N–H and O–H groups in total. The highest BCUT2D eigenvalue weighted by molar-refractivity contribution is 7.17. The van der Waals surface area contributed by atoms with Crippen LogP contribution in [0.3, 0.4) is 0 Å². The van der Waals surface area contributed by atoms with Crippen molar-refractivity contribution in [1.82, 2.24) is 20.2 Å². The van der Waals surface area contributed by atoms with Crippen LogP contribution in [0.15, 0.2) is 4.63 Å². The van der Waals surface area contributed by atoms with Crippen LogP contribution in [0.2, 0.25) is 0 Å². The van der Waals surface area contributed by atoms with Crippen LogP contribution in [0.1, 0.15) is 26.8 Å². The standard InChI is InChI=1S/C12H15N5O3S.CH2O2/c1-6-8(16-20-15-6)5-9(18)14-12-13-7(2)10(21-12)11(19)17(3)4;2-1-3/h5H2,1-4H3,(H,13,14,18);1H,(H,2,3). The number of carbonyl (C=O) groups excluding carboxylic acids is 2. The van der Waals surface area contributed by atoms with Gasteiger partial charge in [-0.25, -0.2) is 9.61 Å². The number of hydrogen-bond donors (Lipinski definition) is 2. The molecule has 130 valence electrons. The highest BCUT2D eigenvalue weighted by atomic mass is 32.1. The van der Waals surface area contributed by atoms with Gasteiger partial charge in [-0.15, -0.1) is 0 Å². The molecule has 10 nitrogen and oxygen atoms in total. The second kappa shape index (κ2) is 8.72. The fourth-order valence-corrected chi connectivity index (χ4v) is 2.58. The first-order valence-corrected chi connectivity index (χ1v) is 7.46. The van der Waals surface area contributed by atoms with Crippen molar-refractivity contribution in [3.8, 4) is 0 Å². The van der Waals surface area contributed by atoms with E-state index in [0.717, 1.165) is 11.3 Å². The number of carbonyl (C=O) groups is 3. The summed E-state index contributed by atoms with van der Waals surface area (Å²) >= 11 is 1.15. The molecule has 11 heteroatoms. The summed E-state index contributed by atoms with van der Waals surface area (Å²) < 4.78 is 4.53. The smallest absolute Gasteiger partial charge is 0.290 e. The molecule has 2 aromatic heterocycles. The third-order valence-corrected chi connectivity index (χ3v) is 3.78. The molecule has 0 aliphatic rings. The average Bonchev–Trinajstić information content (AvgIpc) is 3.05. The van der Waals surface area contributed by atoms with Crippen LogP contribution in [-0.2, 0) is 16.0 Å². The van der Waals surface area contributed by atoms with Gasteiger partial charge in [-0.1, -0.05) is 21.7 Å². The first kappa shape index (κ1) is 19.2. The molecule has 2 heterocycles. The first-order chi connectivity index (χ1) is 11.3. The number of carboxylic acid groups (broad SMARTS) is 1. The molecule has 0 saturated carbocycles. The lowest BCUT2D eigenvalue weighted by atomic mass is 10.2. The molecule has 24 heavy (non-hydrogen) atoms. The Labute approximate surface area is 141 Å². The van der Waals surface area contributed by atoms with Gasteiger partial charge >= 0.3 is 0 Å². The van der Waals surface area contributed by atoms with Crippen molar-refractivity contribution < 1.29 is 24.1 Å². The summed E-state index contributed by atoms with van der Waals surface area (Å²) in [5.41, 5.74) is 1.64. The van der Waals surface area contributed by atoms with E-state index in [2.05, 4.69) is 25.2 Å². The highest BCUT2D eigenvalue weighted by Gasteiger charge is 2.18. The monoisotopic (exact) mass is 355 g/mol. The minimum Gasteiger partial charge on any atom is -0.483 e. The Hall–Kier alpha value is -2.82. The number of amides is 2. The van der Waals surface area contributed by atoms with Gasteiger partial charge in [0.2, 0.25) is 5.91 Å². The second-order valence-corrected chi connectivity index (χ2v) is 5.76. The van der Waals surface area contributed by atoms with E-state index in [0.29, 0.717) is 27.1 Å². The Bertz CT molecular complexity index is 724. The number of aryl methyl sites for hydroxylation is 2. The van der Waals surface area contributed by atoms with Gasteiger partial charge in [0.1, 0.15) is 16.3 Å². The van der Waals surface area contributed by atoms with Crippen molar-refractivity contribution >= 4 is 34.8 Å². The van der Waals surface area contributed by atoms with E-state index >= 15 is 0 Å². The predicted molar refractivity (Wildman–Crippen MR) is 84.9 cm³/mol. The average molecular weight is 355 g/mol. The molecular formula is C13H17N5O5S. The van der Waals surface area contributed by atoms with Gasteiger partial charge in [-0.2, -0.15) is 0 Å². The molecule has 2 aromatic rings. The second-order valence-electron chi connectivity index (χ2n) is 4.76. The zero-order valence-corrected chi connectivity index (χ0v) is 14.4. The molecule has 2 rings (SSSR count). The molecule has 0 fully saturated rings. The third-order valence-electron chi connectivity index (χ3n) is 2.72. The van der Waals surface area contributed by atoms with Crippen LogP contribution in [0, 0.1) is 13.8 Å². The molecule has 0 aliphatic carbocycles. The maximum Gasteiger partial charge on any atom is 0.290 e. The SMILES string of the molecule is Cc1nonc1CC(=O)Nc1nc(C)c(C(=O)N(C)C)s1.O=CO. The number of thiazole rings is 1. The fourth-order valence-electron chi connectivity index (χ4n) is 1.58. The maximum absolute atomic E-state index is 11.9. The van der Waals surface area contributed by atoms with E-state index in [-0.39, 0.29) is 24.7 Å². The zero-order chi connectivity index (χ0) is 18.3. The predicted octanol–water partition coefficient (Wildman–Crippen LogP) is 0.727.